The van der Waals surface area contributed by atoms with Gasteiger partial charge in [-0.25, -0.2) is 0 Å². The van der Waals surface area contributed by atoms with Crippen LogP contribution in [0.5, 0.6) is 0 Å². The van der Waals surface area contributed by atoms with Gasteiger partial charge in [0.1, 0.15) is 0 Å². The van der Waals surface area contributed by atoms with Crippen molar-refractivity contribution in [2.75, 3.05) is 0 Å². The Morgan fingerprint density at radius 1 is 0.609 bits per heavy atom. The zero-order valence-corrected chi connectivity index (χ0v) is 15.0. The van der Waals surface area contributed by atoms with E-state index in [4.69, 9.17) is 0 Å². The SMILES string of the molecule is Cc1ccc(-c2[se]c3ccccc3c2-c2ccc(C)cc2)cc1. The Morgan fingerprint density at radius 2 is 1.17 bits per heavy atom. The van der Waals surface area contributed by atoms with E-state index in [0.29, 0.717) is 14.5 Å². The van der Waals surface area contributed by atoms with Crippen molar-refractivity contribution in [3.8, 4) is 21.1 Å². The van der Waals surface area contributed by atoms with Crippen LogP contribution in [-0.2, 0) is 0 Å². The Hall–Kier alpha value is -2.08. The predicted molar refractivity (Wildman–Crippen MR) is 101 cm³/mol. The molecule has 1 heterocycles. The van der Waals surface area contributed by atoms with Crippen LogP contribution in [0, 0.1) is 13.8 Å². The molecule has 0 aliphatic rings. The van der Waals surface area contributed by atoms with Gasteiger partial charge in [-0.2, -0.15) is 0 Å². The molecule has 4 rings (SSSR count). The maximum atomic E-state index is 2.28. The third kappa shape index (κ3) is 2.67. The van der Waals surface area contributed by atoms with Gasteiger partial charge < -0.3 is 0 Å². The quantitative estimate of drug-likeness (QED) is 0.393. The van der Waals surface area contributed by atoms with E-state index in [1.165, 1.54) is 41.9 Å². The van der Waals surface area contributed by atoms with Crippen LogP contribution in [-0.4, -0.2) is 14.5 Å². The molecule has 0 unspecified atom stereocenters. The van der Waals surface area contributed by atoms with E-state index >= 15 is 0 Å². The summed E-state index contributed by atoms with van der Waals surface area (Å²) in [5, 5.41) is 1.41. The maximum absolute atomic E-state index is 2.28. The van der Waals surface area contributed by atoms with Crippen molar-refractivity contribution in [1.82, 2.24) is 0 Å². The zero-order chi connectivity index (χ0) is 15.8. The predicted octanol–water partition coefficient (Wildman–Crippen LogP) is 5.85. The molecule has 4 aromatic rings. The standard InChI is InChI=1S/C22H18Se/c1-15-7-11-17(12-8-15)21-19-5-3-4-6-20(19)23-22(21)18-13-9-16(2)10-14-18/h3-14H,1-2H3. The van der Waals surface area contributed by atoms with Crippen LogP contribution in [0.3, 0.4) is 0 Å². The van der Waals surface area contributed by atoms with Crippen LogP contribution in [0.25, 0.3) is 30.8 Å². The zero-order valence-electron chi connectivity index (χ0n) is 13.3. The monoisotopic (exact) mass is 362 g/mol. The van der Waals surface area contributed by atoms with Gasteiger partial charge >= 0.3 is 143 Å². The van der Waals surface area contributed by atoms with E-state index in [1.54, 1.807) is 0 Å². The summed E-state index contributed by atoms with van der Waals surface area (Å²) in [5.41, 5.74) is 6.74. The normalized spacial score (nSPS) is 11.0. The van der Waals surface area contributed by atoms with Crippen molar-refractivity contribution >= 4 is 24.1 Å². The molecule has 0 N–H and O–H groups in total. The van der Waals surface area contributed by atoms with Crippen molar-refractivity contribution in [3.05, 3.63) is 83.9 Å². The average molecular weight is 361 g/mol. The van der Waals surface area contributed by atoms with E-state index in [2.05, 4.69) is 86.6 Å². The molecule has 0 aliphatic carbocycles. The molecule has 0 bridgehead atoms. The van der Waals surface area contributed by atoms with E-state index in [0.717, 1.165) is 0 Å². The van der Waals surface area contributed by atoms with Gasteiger partial charge in [0.25, 0.3) is 0 Å². The first-order chi connectivity index (χ1) is 11.2. The molecule has 0 radical (unpaired) electrons. The first-order valence-electron chi connectivity index (χ1n) is 7.88. The molecule has 0 atom stereocenters. The molecule has 23 heavy (non-hydrogen) atoms. The molecular formula is C22H18Se. The molecule has 3 aromatic carbocycles. The van der Waals surface area contributed by atoms with E-state index in [-0.39, 0.29) is 0 Å². The second-order valence-electron chi connectivity index (χ2n) is 6.03. The van der Waals surface area contributed by atoms with Gasteiger partial charge in [-0.1, -0.05) is 0 Å². The summed E-state index contributed by atoms with van der Waals surface area (Å²) in [6, 6.07) is 26.8. The van der Waals surface area contributed by atoms with Gasteiger partial charge in [0, 0.05) is 0 Å². The van der Waals surface area contributed by atoms with Crippen LogP contribution in [0.1, 0.15) is 11.1 Å². The number of rotatable bonds is 2. The van der Waals surface area contributed by atoms with Crippen molar-refractivity contribution in [3.63, 3.8) is 0 Å². The van der Waals surface area contributed by atoms with Crippen LogP contribution >= 0.6 is 0 Å². The Balaban J connectivity index is 2.01. The van der Waals surface area contributed by atoms with Crippen LogP contribution in [0.4, 0.5) is 0 Å². The summed E-state index contributed by atoms with van der Waals surface area (Å²) in [5.74, 6) is 0. The Kier molecular flexibility index (Phi) is 3.69. The second-order valence-corrected chi connectivity index (χ2v) is 8.24. The van der Waals surface area contributed by atoms with Gasteiger partial charge in [0.2, 0.25) is 0 Å². The number of hydrogen-bond donors (Lipinski definition) is 0. The van der Waals surface area contributed by atoms with Crippen LogP contribution < -0.4 is 0 Å². The molecular weight excluding hydrogens is 343 g/mol. The van der Waals surface area contributed by atoms with E-state index in [1.807, 2.05) is 0 Å². The Bertz CT molecular complexity index is 957. The molecule has 112 valence electrons. The number of hydrogen-bond acceptors (Lipinski definition) is 0. The molecule has 0 spiro atoms. The molecule has 1 heteroatoms. The third-order valence-corrected chi connectivity index (χ3v) is 6.81. The summed E-state index contributed by atoms with van der Waals surface area (Å²) in [4.78, 5) is 0. The topological polar surface area (TPSA) is 0 Å². The Morgan fingerprint density at radius 3 is 1.83 bits per heavy atom. The Labute approximate surface area is 143 Å². The number of aryl methyl sites for hydroxylation is 2. The minimum atomic E-state index is 0.367. The summed E-state index contributed by atoms with van der Waals surface area (Å²) >= 11 is 0.367. The first kappa shape index (κ1) is 14.5. The molecule has 0 fully saturated rings. The molecule has 0 aliphatic heterocycles. The molecule has 0 amide bonds. The molecule has 0 nitrogen and oxygen atoms in total. The van der Waals surface area contributed by atoms with Crippen molar-refractivity contribution < 1.29 is 0 Å². The van der Waals surface area contributed by atoms with Crippen molar-refractivity contribution in [1.29, 1.82) is 0 Å². The second kappa shape index (κ2) is 5.85. The fourth-order valence-electron chi connectivity index (χ4n) is 2.96. The van der Waals surface area contributed by atoms with Crippen LogP contribution in [0.15, 0.2) is 72.8 Å². The summed E-state index contributed by atoms with van der Waals surface area (Å²) in [7, 11) is 0. The minimum absolute atomic E-state index is 0.367. The first-order valence-corrected chi connectivity index (χ1v) is 9.59. The fourth-order valence-corrected chi connectivity index (χ4v) is 5.54. The van der Waals surface area contributed by atoms with E-state index < -0.39 is 0 Å². The molecule has 0 saturated heterocycles. The third-order valence-electron chi connectivity index (χ3n) is 4.25. The van der Waals surface area contributed by atoms with Gasteiger partial charge in [0.15, 0.2) is 0 Å². The summed E-state index contributed by atoms with van der Waals surface area (Å²) in [6.07, 6.45) is 0. The number of benzene rings is 3. The fraction of sp³-hybridized carbons (Fsp3) is 0.0909. The van der Waals surface area contributed by atoms with Gasteiger partial charge in [-0.15, -0.1) is 0 Å². The van der Waals surface area contributed by atoms with Crippen LogP contribution in [0.2, 0.25) is 0 Å². The van der Waals surface area contributed by atoms with E-state index in [9.17, 15) is 0 Å². The van der Waals surface area contributed by atoms with Gasteiger partial charge in [-0.05, 0) is 0 Å². The van der Waals surface area contributed by atoms with Gasteiger partial charge in [0.05, 0.1) is 0 Å². The molecule has 0 saturated carbocycles. The van der Waals surface area contributed by atoms with Gasteiger partial charge in [-0.3, -0.25) is 0 Å². The van der Waals surface area contributed by atoms with Crippen molar-refractivity contribution in [2.24, 2.45) is 0 Å². The summed E-state index contributed by atoms with van der Waals surface area (Å²) < 4.78 is 2.99. The number of fused-ring (bicyclic) bond motifs is 1. The average Bonchev–Trinajstić information content (AvgIpc) is 2.96. The summed E-state index contributed by atoms with van der Waals surface area (Å²) in [6.45, 7) is 4.29. The molecule has 1 aromatic heterocycles. The van der Waals surface area contributed by atoms with Crippen molar-refractivity contribution in [2.45, 2.75) is 13.8 Å².